The van der Waals surface area contributed by atoms with E-state index in [0.717, 1.165) is 17.2 Å². The van der Waals surface area contributed by atoms with Crippen LogP contribution in [0.4, 0.5) is 4.39 Å². The lowest BCUT2D eigenvalue weighted by Crippen LogP contribution is -2.70. The van der Waals surface area contributed by atoms with Gasteiger partial charge < -0.3 is 25.2 Å². The zero-order valence-electron chi connectivity index (χ0n) is 20.7. The van der Waals surface area contributed by atoms with Gasteiger partial charge in [0.15, 0.2) is 13.2 Å². The molecule has 0 aromatic heterocycles. The highest BCUT2D eigenvalue weighted by atomic mass is 35.5. The quantitative estimate of drug-likeness (QED) is 0.492. The lowest BCUT2D eigenvalue weighted by atomic mass is 9.60. The standard InChI is InChI=1S/C27H32ClFN2O5/c1-16-10-20(11-17(2)18(16)3)36-14-24(33)30-26-6-8-27(9-7-26,23(32)13-26)31-25(34)15-35-19-4-5-21(28)22(29)12-19/h4-5,10-12,23,32H,6-9,13-15H2,1-3H3,(H,30,33)(H,31,34)/t23-,26?,27?/m0/s1. The van der Waals surface area contributed by atoms with E-state index in [2.05, 4.69) is 10.6 Å². The first-order valence-electron chi connectivity index (χ1n) is 12.1. The van der Waals surface area contributed by atoms with Gasteiger partial charge in [-0.3, -0.25) is 9.59 Å². The summed E-state index contributed by atoms with van der Waals surface area (Å²) in [7, 11) is 0. The van der Waals surface area contributed by atoms with Crippen LogP contribution in [0.25, 0.3) is 0 Å². The fraction of sp³-hybridized carbons (Fsp3) is 0.481. The van der Waals surface area contributed by atoms with Crippen molar-refractivity contribution in [2.24, 2.45) is 0 Å². The number of aliphatic hydroxyl groups is 1. The predicted molar refractivity (Wildman–Crippen MR) is 134 cm³/mol. The van der Waals surface area contributed by atoms with Crippen molar-refractivity contribution in [1.29, 1.82) is 0 Å². The number of amides is 2. The fourth-order valence-electron chi connectivity index (χ4n) is 5.25. The molecule has 0 spiro atoms. The Hall–Kier alpha value is -2.84. The first-order chi connectivity index (χ1) is 17.0. The van der Waals surface area contributed by atoms with Gasteiger partial charge in [-0.2, -0.15) is 0 Å². The van der Waals surface area contributed by atoms with Crippen molar-refractivity contribution in [2.45, 2.75) is 70.1 Å². The van der Waals surface area contributed by atoms with E-state index in [1.165, 1.54) is 17.7 Å². The molecule has 2 aromatic carbocycles. The Kier molecular flexibility index (Phi) is 7.48. The van der Waals surface area contributed by atoms with Gasteiger partial charge in [0.25, 0.3) is 11.8 Å². The van der Waals surface area contributed by atoms with Crippen LogP contribution in [0.1, 0.15) is 48.8 Å². The summed E-state index contributed by atoms with van der Waals surface area (Å²) >= 11 is 5.66. The van der Waals surface area contributed by atoms with Crippen molar-refractivity contribution in [1.82, 2.24) is 10.6 Å². The Morgan fingerprint density at radius 3 is 2.14 bits per heavy atom. The van der Waals surface area contributed by atoms with E-state index in [1.54, 1.807) is 0 Å². The highest BCUT2D eigenvalue weighted by Crippen LogP contribution is 2.47. The highest BCUT2D eigenvalue weighted by molar-refractivity contribution is 6.30. The molecule has 0 heterocycles. The van der Waals surface area contributed by atoms with Gasteiger partial charge >= 0.3 is 0 Å². The third kappa shape index (κ3) is 5.60. The normalized spacial score (nSPS) is 24.8. The molecule has 0 radical (unpaired) electrons. The fourth-order valence-corrected chi connectivity index (χ4v) is 5.37. The van der Waals surface area contributed by atoms with Crippen molar-refractivity contribution in [3.8, 4) is 11.5 Å². The van der Waals surface area contributed by atoms with Gasteiger partial charge in [0, 0.05) is 11.6 Å². The number of aliphatic hydroxyl groups excluding tert-OH is 1. The third-order valence-corrected chi connectivity index (χ3v) is 7.95. The smallest absolute Gasteiger partial charge is 0.258 e. The second-order valence-corrected chi connectivity index (χ2v) is 10.5. The maximum absolute atomic E-state index is 13.6. The van der Waals surface area contributed by atoms with Crippen LogP contribution in [0.15, 0.2) is 30.3 Å². The average molecular weight is 519 g/mol. The van der Waals surface area contributed by atoms with Crippen molar-refractivity contribution in [3.63, 3.8) is 0 Å². The summed E-state index contributed by atoms with van der Waals surface area (Å²) in [6.45, 7) is 5.65. The molecule has 36 heavy (non-hydrogen) atoms. The molecular formula is C27H32ClFN2O5. The number of carbonyl (C=O) groups excluding carboxylic acids is 2. The number of aryl methyl sites for hydroxylation is 2. The topological polar surface area (TPSA) is 96.9 Å². The first kappa shape index (κ1) is 26.2. The average Bonchev–Trinajstić information content (AvgIpc) is 2.83. The number of carbonyl (C=O) groups is 2. The number of ether oxygens (including phenoxy) is 2. The Morgan fingerprint density at radius 1 is 0.972 bits per heavy atom. The lowest BCUT2D eigenvalue weighted by Gasteiger charge is -2.56. The number of nitrogens with one attached hydrogen (secondary N) is 2. The van der Waals surface area contributed by atoms with Crippen molar-refractivity contribution in [3.05, 3.63) is 57.9 Å². The van der Waals surface area contributed by atoms with Crippen LogP contribution in [0.5, 0.6) is 11.5 Å². The Morgan fingerprint density at radius 2 is 1.56 bits per heavy atom. The molecular weight excluding hydrogens is 487 g/mol. The summed E-state index contributed by atoms with van der Waals surface area (Å²) in [6.07, 6.45) is 1.82. The van der Waals surface area contributed by atoms with Crippen LogP contribution in [0.3, 0.4) is 0 Å². The van der Waals surface area contributed by atoms with Gasteiger partial charge in [-0.25, -0.2) is 4.39 Å². The molecule has 9 heteroatoms. The van der Waals surface area contributed by atoms with E-state index < -0.39 is 28.9 Å². The third-order valence-electron chi connectivity index (χ3n) is 7.65. The molecule has 2 aromatic rings. The molecule has 0 unspecified atom stereocenters. The molecule has 2 amide bonds. The van der Waals surface area contributed by atoms with Gasteiger partial charge in [-0.15, -0.1) is 0 Å². The number of halogens is 2. The van der Waals surface area contributed by atoms with Crippen LogP contribution in [-0.4, -0.2) is 47.3 Å². The Bertz CT molecular complexity index is 1140. The zero-order valence-corrected chi connectivity index (χ0v) is 21.5. The molecule has 3 fully saturated rings. The minimum Gasteiger partial charge on any atom is -0.484 e. The van der Waals surface area contributed by atoms with Crippen LogP contribution >= 0.6 is 11.6 Å². The summed E-state index contributed by atoms with van der Waals surface area (Å²) in [6, 6.07) is 7.80. The van der Waals surface area contributed by atoms with Gasteiger partial charge in [-0.1, -0.05) is 11.6 Å². The monoisotopic (exact) mass is 518 g/mol. The van der Waals surface area contributed by atoms with E-state index in [0.29, 0.717) is 37.9 Å². The molecule has 0 saturated heterocycles. The Balaban J connectivity index is 1.28. The molecule has 194 valence electrons. The van der Waals surface area contributed by atoms with Crippen LogP contribution < -0.4 is 20.1 Å². The predicted octanol–water partition coefficient (Wildman–Crippen LogP) is 3.91. The maximum Gasteiger partial charge on any atom is 0.258 e. The van der Waals surface area contributed by atoms with Crippen molar-refractivity contribution >= 4 is 23.4 Å². The summed E-state index contributed by atoms with van der Waals surface area (Å²) in [5, 5.41) is 16.9. The summed E-state index contributed by atoms with van der Waals surface area (Å²) in [5.41, 5.74) is 2.12. The summed E-state index contributed by atoms with van der Waals surface area (Å²) in [4.78, 5) is 25.2. The van der Waals surface area contributed by atoms with Crippen LogP contribution in [-0.2, 0) is 9.59 Å². The number of benzene rings is 2. The molecule has 3 N–H and O–H groups in total. The van der Waals surface area contributed by atoms with Crippen molar-refractivity contribution in [2.75, 3.05) is 13.2 Å². The molecule has 3 aliphatic rings. The number of hydrogen-bond acceptors (Lipinski definition) is 5. The lowest BCUT2D eigenvalue weighted by molar-refractivity contribution is -0.137. The second kappa shape index (κ2) is 10.3. The molecule has 2 bridgehead atoms. The van der Waals surface area contributed by atoms with E-state index in [9.17, 15) is 19.1 Å². The van der Waals surface area contributed by atoms with Crippen molar-refractivity contribution < 1.29 is 28.6 Å². The van der Waals surface area contributed by atoms with E-state index in [1.807, 2.05) is 32.9 Å². The molecule has 0 aliphatic heterocycles. The van der Waals surface area contributed by atoms with Gasteiger partial charge in [0.2, 0.25) is 0 Å². The Labute approximate surface area is 215 Å². The number of hydrogen-bond donors (Lipinski definition) is 3. The largest absolute Gasteiger partial charge is 0.484 e. The van der Waals surface area contributed by atoms with Crippen LogP contribution in [0, 0.1) is 26.6 Å². The SMILES string of the molecule is Cc1cc(OCC(=O)NC23CCC(NC(=O)COc4ccc(Cl)c(F)c4)(CC2)[C@@H](O)C3)cc(C)c1C. The summed E-state index contributed by atoms with van der Waals surface area (Å²) < 4.78 is 24.7. The number of fused-ring (bicyclic) bond motifs is 3. The van der Waals surface area contributed by atoms with Gasteiger partial charge in [0.05, 0.1) is 16.7 Å². The molecule has 7 nitrogen and oxygen atoms in total. The second-order valence-electron chi connectivity index (χ2n) is 10.1. The minimum absolute atomic E-state index is 0.0271. The molecule has 3 aliphatic carbocycles. The minimum atomic E-state index is -0.819. The molecule has 5 rings (SSSR count). The van der Waals surface area contributed by atoms with E-state index in [-0.39, 0.29) is 29.9 Å². The maximum atomic E-state index is 13.6. The van der Waals surface area contributed by atoms with Crippen LogP contribution in [0.2, 0.25) is 5.02 Å². The first-order valence-corrected chi connectivity index (χ1v) is 12.5. The summed E-state index contributed by atoms with van der Waals surface area (Å²) in [5.74, 6) is -0.422. The van der Waals surface area contributed by atoms with Gasteiger partial charge in [0.1, 0.15) is 17.3 Å². The van der Waals surface area contributed by atoms with Gasteiger partial charge in [-0.05, 0) is 93.8 Å². The van der Waals surface area contributed by atoms with E-state index in [4.69, 9.17) is 21.1 Å². The number of rotatable bonds is 8. The zero-order chi connectivity index (χ0) is 26.1. The molecule has 1 atom stereocenters. The molecule has 3 saturated carbocycles. The highest BCUT2D eigenvalue weighted by Gasteiger charge is 2.55. The van der Waals surface area contributed by atoms with E-state index >= 15 is 0 Å².